The van der Waals surface area contributed by atoms with Crippen LogP contribution in [0.1, 0.15) is 27.0 Å². The van der Waals surface area contributed by atoms with Gasteiger partial charge in [-0.3, -0.25) is 4.79 Å². The van der Waals surface area contributed by atoms with Crippen molar-refractivity contribution in [3.63, 3.8) is 0 Å². The molecule has 1 amide bonds. The highest BCUT2D eigenvalue weighted by Crippen LogP contribution is 2.21. The van der Waals surface area contributed by atoms with Crippen LogP contribution in [0.5, 0.6) is 11.5 Å². The van der Waals surface area contributed by atoms with Crippen molar-refractivity contribution in [1.82, 2.24) is 5.32 Å². The van der Waals surface area contributed by atoms with E-state index in [1.54, 1.807) is 18.2 Å². The highest BCUT2D eigenvalue weighted by Gasteiger charge is 2.14. The first kappa shape index (κ1) is 27.1. The van der Waals surface area contributed by atoms with E-state index in [0.29, 0.717) is 25.0 Å². The monoisotopic (exact) mass is 545 g/mol. The van der Waals surface area contributed by atoms with Crippen LogP contribution in [0, 0.1) is 0 Å². The Hall–Kier alpha value is -5.43. The number of carbonyl (C=O) groups excluding carboxylic acids is 2. The minimum absolute atomic E-state index is 0.0882. The van der Waals surface area contributed by atoms with Crippen LogP contribution in [-0.2, 0) is 17.8 Å². The van der Waals surface area contributed by atoms with Gasteiger partial charge in [0.15, 0.2) is 0 Å². The second-order valence-electron chi connectivity index (χ2n) is 9.24. The van der Waals surface area contributed by atoms with Crippen LogP contribution >= 0.6 is 0 Å². The Morgan fingerprint density at radius 1 is 0.780 bits per heavy atom. The number of nitrogens with one attached hydrogen (secondary N) is 1. The van der Waals surface area contributed by atoms with Crippen LogP contribution in [-0.4, -0.2) is 18.4 Å². The molecule has 0 unspecified atom stereocenters. The number of ether oxygens (including phenoxy) is 2. The number of benzene rings is 4. The fourth-order valence-corrected chi connectivity index (χ4v) is 4.10. The largest absolute Gasteiger partial charge is 0.489 e. The third-order valence-electron chi connectivity index (χ3n) is 6.25. The van der Waals surface area contributed by atoms with Crippen molar-refractivity contribution in [2.45, 2.75) is 13.0 Å². The highest BCUT2D eigenvalue weighted by molar-refractivity contribution is 5.97. The zero-order valence-electron chi connectivity index (χ0n) is 22.1. The molecule has 0 saturated carbocycles. The van der Waals surface area contributed by atoms with E-state index in [1.165, 1.54) is 18.2 Å². The van der Waals surface area contributed by atoms with Crippen molar-refractivity contribution < 1.29 is 23.5 Å². The average Bonchev–Trinajstić information content (AvgIpc) is 3.00. The van der Waals surface area contributed by atoms with Crippen molar-refractivity contribution in [2.75, 3.05) is 6.54 Å². The average molecular weight is 546 g/mol. The highest BCUT2D eigenvalue weighted by atomic mass is 16.5. The molecule has 0 aliphatic rings. The fraction of sp³-hybridized carbons (Fsp3) is 0.0882. The van der Waals surface area contributed by atoms with Gasteiger partial charge >= 0.3 is 11.6 Å². The number of amides is 1. The minimum atomic E-state index is -0.769. The molecule has 4 aromatic carbocycles. The van der Waals surface area contributed by atoms with Gasteiger partial charge in [-0.2, -0.15) is 0 Å². The lowest BCUT2D eigenvalue weighted by molar-refractivity contribution is -0.128. The molecule has 1 N–H and O–H groups in total. The maximum atomic E-state index is 12.6. The molecular weight excluding hydrogens is 518 g/mol. The zero-order chi connectivity index (χ0) is 28.4. The van der Waals surface area contributed by atoms with E-state index >= 15 is 0 Å². The Morgan fingerprint density at radius 2 is 1.46 bits per heavy atom. The molecule has 0 bridgehead atoms. The van der Waals surface area contributed by atoms with Crippen LogP contribution in [0.3, 0.4) is 0 Å². The molecule has 5 aromatic rings. The number of fused-ring (bicyclic) bond motifs is 1. The molecule has 1 heterocycles. The van der Waals surface area contributed by atoms with Crippen LogP contribution in [0.4, 0.5) is 0 Å². The summed E-state index contributed by atoms with van der Waals surface area (Å²) in [5.74, 6) is -0.169. The molecule has 0 aliphatic heterocycles. The van der Waals surface area contributed by atoms with Crippen LogP contribution < -0.4 is 20.4 Å². The van der Waals surface area contributed by atoms with Gasteiger partial charge in [-0.25, -0.2) is 9.59 Å². The van der Waals surface area contributed by atoms with Gasteiger partial charge in [-0.05, 0) is 59.5 Å². The molecule has 7 heteroatoms. The predicted octanol–water partition coefficient (Wildman–Crippen LogP) is 5.96. The molecule has 5 rings (SSSR count). The van der Waals surface area contributed by atoms with E-state index < -0.39 is 17.5 Å². The number of hydrogen-bond donors (Lipinski definition) is 1. The molecule has 0 saturated heterocycles. The van der Waals surface area contributed by atoms with Crippen LogP contribution in [0.2, 0.25) is 0 Å². The van der Waals surface area contributed by atoms with Crippen LogP contribution in [0.25, 0.3) is 17.0 Å². The van der Waals surface area contributed by atoms with Gasteiger partial charge in [-0.15, -0.1) is 0 Å². The SMILES string of the molecule is O=C(/C=C/c1ccc(OCc2ccccc2)cc1)Oc1ccc2cc(C(=O)NCCc3ccccc3)c(=O)oc2c1. The van der Waals surface area contributed by atoms with E-state index in [2.05, 4.69) is 5.32 Å². The molecule has 0 radical (unpaired) electrons. The van der Waals surface area contributed by atoms with Gasteiger partial charge in [0.1, 0.15) is 29.3 Å². The Bertz CT molecular complexity index is 1730. The molecule has 0 atom stereocenters. The maximum absolute atomic E-state index is 12.6. The van der Waals surface area contributed by atoms with Gasteiger partial charge in [0.05, 0.1) is 0 Å². The predicted molar refractivity (Wildman–Crippen MR) is 157 cm³/mol. The summed E-state index contributed by atoms with van der Waals surface area (Å²) < 4.78 is 16.5. The summed E-state index contributed by atoms with van der Waals surface area (Å²) >= 11 is 0. The van der Waals surface area contributed by atoms with Gasteiger partial charge in [0, 0.05) is 24.1 Å². The number of carbonyl (C=O) groups is 2. The number of hydrogen-bond acceptors (Lipinski definition) is 6. The van der Waals surface area contributed by atoms with Crippen molar-refractivity contribution >= 4 is 28.9 Å². The first-order valence-corrected chi connectivity index (χ1v) is 13.1. The molecule has 1 aromatic heterocycles. The first-order chi connectivity index (χ1) is 20.0. The second-order valence-corrected chi connectivity index (χ2v) is 9.24. The lowest BCUT2D eigenvalue weighted by Gasteiger charge is -2.07. The van der Waals surface area contributed by atoms with E-state index in [9.17, 15) is 14.4 Å². The topological polar surface area (TPSA) is 94.8 Å². The summed E-state index contributed by atoms with van der Waals surface area (Å²) in [6.45, 7) is 0.854. The second kappa shape index (κ2) is 13.1. The van der Waals surface area contributed by atoms with Gasteiger partial charge < -0.3 is 19.2 Å². The first-order valence-electron chi connectivity index (χ1n) is 13.1. The zero-order valence-corrected chi connectivity index (χ0v) is 22.1. The number of rotatable bonds is 10. The summed E-state index contributed by atoms with van der Waals surface area (Å²) in [6, 6.07) is 33.1. The van der Waals surface area contributed by atoms with E-state index in [1.807, 2.05) is 84.9 Å². The third-order valence-corrected chi connectivity index (χ3v) is 6.25. The molecule has 7 nitrogen and oxygen atoms in total. The van der Waals surface area contributed by atoms with Crippen molar-refractivity contribution in [1.29, 1.82) is 0 Å². The van der Waals surface area contributed by atoms with Crippen molar-refractivity contribution in [3.05, 3.63) is 148 Å². The lowest BCUT2D eigenvalue weighted by Crippen LogP contribution is -2.29. The van der Waals surface area contributed by atoms with Crippen molar-refractivity contribution in [3.8, 4) is 11.5 Å². The summed E-state index contributed by atoms with van der Waals surface area (Å²) in [7, 11) is 0. The molecule has 0 aliphatic carbocycles. The Labute approximate surface area is 236 Å². The molecular formula is C34H27NO6. The molecule has 41 heavy (non-hydrogen) atoms. The summed E-state index contributed by atoms with van der Waals surface area (Å²) in [5, 5.41) is 3.28. The van der Waals surface area contributed by atoms with E-state index in [4.69, 9.17) is 13.9 Å². The summed E-state index contributed by atoms with van der Waals surface area (Å²) in [5.41, 5.74) is 2.30. The molecule has 0 spiro atoms. The van der Waals surface area contributed by atoms with Crippen LogP contribution in [0.15, 0.2) is 124 Å². The smallest absolute Gasteiger partial charge is 0.349 e. The molecule has 204 valence electrons. The maximum Gasteiger partial charge on any atom is 0.349 e. The third kappa shape index (κ3) is 7.58. The van der Waals surface area contributed by atoms with Gasteiger partial charge in [0.25, 0.3) is 5.91 Å². The lowest BCUT2D eigenvalue weighted by atomic mass is 10.1. The minimum Gasteiger partial charge on any atom is -0.489 e. The van der Waals surface area contributed by atoms with Crippen molar-refractivity contribution in [2.24, 2.45) is 0 Å². The van der Waals surface area contributed by atoms with E-state index in [-0.39, 0.29) is 16.9 Å². The standard InChI is InChI=1S/C34H27NO6/c36-32(18-13-25-11-15-28(16-12-25)39-23-26-9-5-2-6-10-26)40-29-17-14-27-21-30(34(38)41-31(27)22-29)33(37)35-20-19-24-7-3-1-4-8-24/h1-18,21-22H,19-20,23H2,(H,35,37)/b18-13+. The normalized spacial score (nSPS) is 10.9. The number of esters is 1. The van der Waals surface area contributed by atoms with Gasteiger partial charge in [-0.1, -0.05) is 72.8 Å². The quantitative estimate of drug-likeness (QED) is 0.101. The summed E-state index contributed by atoms with van der Waals surface area (Å²) in [6.07, 6.45) is 3.58. The van der Waals surface area contributed by atoms with E-state index in [0.717, 1.165) is 22.4 Å². The molecule has 0 fully saturated rings. The fourth-order valence-electron chi connectivity index (χ4n) is 4.10. The summed E-state index contributed by atoms with van der Waals surface area (Å²) in [4.78, 5) is 37.4. The van der Waals surface area contributed by atoms with Gasteiger partial charge in [0.2, 0.25) is 0 Å². The Kier molecular flexibility index (Phi) is 8.66. The Morgan fingerprint density at radius 3 is 2.20 bits per heavy atom. The Balaban J connectivity index is 1.16.